The molecule has 1 N–H and O–H groups in total. The number of nitrogens with zero attached hydrogens (tertiary/aromatic N) is 2. The molecule has 108 valence electrons. The molecule has 0 aliphatic rings. The Morgan fingerprint density at radius 1 is 1.43 bits per heavy atom. The lowest BCUT2D eigenvalue weighted by molar-refractivity contribution is 0.0953. The second kappa shape index (κ2) is 6.43. The summed E-state index contributed by atoms with van der Waals surface area (Å²) >= 11 is 8.76. The Balaban J connectivity index is 1.72. The highest BCUT2D eigenvalue weighted by atomic mass is 35.5. The summed E-state index contributed by atoms with van der Waals surface area (Å²) in [5, 5.41) is 11.3. The Morgan fingerprint density at radius 2 is 2.33 bits per heavy atom. The molecule has 0 spiro atoms. The van der Waals surface area contributed by atoms with Gasteiger partial charge in [-0.1, -0.05) is 11.6 Å². The number of hydrogen-bond acceptors (Lipinski definition) is 4. The quantitative estimate of drug-likeness (QED) is 0.772. The number of carbonyl (C=O) groups excluding carboxylic acids is 1. The van der Waals surface area contributed by atoms with Gasteiger partial charge in [0.1, 0.15) is 0 Å². The van der Waals surface area contributed by atoms with E-state index >= 15 is 0 Å². The SMILES string of the molecule is O=C(NCC(c1ccsc1)n1cccn1)c1ccc(Cl)s1. The number of thiophene rings is 2. The maximum atomic E-state index is 12.1. The molecular formula is C14H12ClN3OS2. The summed E-state index contributed by atoms with van der Waals surface area (Å²) in [6.45, 7) is 0.479. The third-order valence-corrected chi connectivity index (χ3v) is 4.96. The first-order chi connectivity index (χ1) is 10.2. The molecule has 3 aromatic rings. The fraction of sp³-hybridized carbons (Fsp3) is 0.143. The average Bonchev–Trinajstić information content (AvgIpc) is 3.21. The normalized spacial score (nSPS) is 12.2. The summed E-state index contributed by atoms with van der Waals surface area (Å²) in [7, 11) is 0. The summed E-state index contributed by atoms with van der Waals surface area (Å²) in [5.74, 6) is -0.112. The second-order valence-corrected chi connectivity index (χ2v) is 6.87. The van der Waals surface area contributed by atoms with Gasteiger partial charge in [0.15, 0.2) is 0 Å². The van der Waals surface area contributed by atoms with Crippen LogP contribution >= 0.6 is 34.3 Å². The van der Waals surface area contributed by atoms with Crippen LogP contribution in [-0.2, 0) is 0 Å². The summed E-state index contributed by atoms with van der Waals surface area (Å²) in [6, 6.07) is 7.37. The standard InChI is InChI=1S/C14H12ClN3OS2/c15-13-3-2-12(21-13)14(19)16-8-11(10-4-7-20-9-10)18-6-1-5-17-18/h1-7,9,11H,8H2,(H,16,19). The van der Waals surface area contributed by atoms with Gasteiger partial charge in [0.05, 0.1) is 15.3 Å². The summed E-state index contributed by atoms with van der Waals surface area (Å²) in [4.78, 5) is 12.7. The molecule has 7 heteroatoms. The van der Waals surface area contributed by atoms with Crippen molar-refractivity contribution < 1.29 is 4.79 Å². The molecule has 0 saturated heterocycles. The fourth-order valence-electron chi connectivity index (χ4n) is 2.01. The summed E-state index contributed by atoms with van der Waals surface area (Å²) in [5.41, 5.74) is 1.13. The van der Waals surface area contributed by atoms with E-state index < -0.39 is 0 Å². The van der Waals surface area contributed by atoms with Crippen molar-refractivity contribution in [1.29, 1.82) is 0 Å². The fourth-order valence-corrected chi connectivity index (χ4v) is 3.67. The lowest BCUT2D eigenvalue weighted by atomic mass is 10.1. The third kappa shape index (κ3) is 3.34. The minimum absolute atomic E-state index is 0.00867. The van der Waals surface area contributed by atoms with Crippen molar-refractivity contribution >= 4 is 40.2 Å². The lowest BCUT2D eigenvalue weighted by Crippen LogP contribution is -2.31. The van der Waals surface area contributed by atoms with Gasteiger partial charge in [0.2, 0.25) is 0 Å². The van der Waals surface area contributed by atoms with Crippen molar-refractivity contribution in [2.75, 3.05) is 6.54 Å². The van der Waals surface area contributed by atoms with Crippen LogP contribution in [0.15, 0.2) is 47.4 Å². The van der Waals surface area contributed by atoms with Crippen molar-refractivity contribution in [2.45, 2.75) is 6.04 Å². The molecule has 3 rings (SSSR count). The zero-order chi connectivity index (χ0) is 14.7. The van der Waals surface area contributed by atoms with E-state index in [2.05, 4.69) is 15.8 Å². The molecule has 4 nitrogen and oxygen atoms in total. The zero-order valence-corrected chi connectivity index (χ0v) is 13.3. The van der Waals surface area contributed by atoms with Gasteiger partial charge >= 0.3 is 0 Å². The number of amides is 1. The minimum atomic E-state index is -0.112. The number of carbonyl (C=O) groups is 1. The molecule has 21 heavy (non-hydrogen) atoms. The van der Waals surface area contributed by atoms with Gasteiger partial charge in [-0.25, -0.2) is 0 Å². The van der Waals surface area contributed by atoms with Crippen molar-refractivity contribution in [1.82, 2.24) is 15.1 Å². The van der Waals surface area contributed by atoms with Gasteiger partial charge < -0.3 is 5.32 Å². The molecular weight excluding hydrogens is 326 g/mol. The number of rotatable bonds is 5. The smallest absolute Gasteiger partial charge is 0.261 e. The minimum Gasteiger partial charge on any atom is -0.349 e. The summed E-state index contributed by atoms with van der Waals surface area (Å²) < 4.78 is 2.46. The highest BCUT2D eigenvalue weighted by Crippen LogP contribution is 2.22. The van der Waals surface area contributed by atoms with Crippen molar-refractivity contribution in [3.05, 3.63) is 62.2 Å². The van der Waals surface area contributed by atoms with Crippen molar-refractivity contribution in [2.24, 2.45) is 0 Å². The molecule has 0 bridgehead atoms. The number of nitrogens with one attached hydrogen (secondary N) is 1. The molecule has 0 radical (unpaired) electrons. The van der Waals surface area contributed by atoms with E-state index in [1.807, 2.05) is 28.4 Å². The maximum Gasteiger partial charge on any atom is 0.261 e. The van der Waals surface area contributed by atoms with Gasteiger partial charge in [0, 0.05) is 18.9 Å². The van der Waals surface area contributed by atoms with Crippen molar-refractivity contribution in [3.8, 4) is 0 Å². The Morgan fingerprint density at radius 3 is 2.95 bits per heavy atom. The molecule has 0 aromatic carbocycles. The van der Waals surface area contributed by atoms with Gasteiger partial charge in [-0.2, -0.15) is 16.4 Å². The zero-order valence-electron chi connectivity index (χ0n) is 10.9. The molecule has 1 atom stereocenters. The van der Waals surface area contributed by atoms with Gasteiger partial charge in [0.25, 0.3) is 5.91 Å². The van der Waals surface area contributed by atoms with Crippen molar-refractivity contribution in [3.63, 3.8) is 0 Å². The monoisotopic (exact) mass is 337 g/mol. The number of hydrogen-bond donors (Lipinski definition) is 1. The van der Waals surface area contributed by atoms with E-state index in [1.165, 1.54) is 11.3 Å². The third-order valence-electron chi connectivity index (χ3n) is 3.03. The molecule has 3 heterocycles. The Labute approximate surface area is 135 Å². The van der Waals surface area contributed by atoms with Crippen LogP contribution in [0.3, 0.4) is 0 Å². The Bertz CT molecular complexity index is 672. The second-order valence-electron chi connectivity index (χ2n) is 4.37. The van der Waals surface area contributed by atoms with E-state index in [9.17, 15) is 4.79 Å². The molecule has 0 fully saturated rings. The number of halogens is 1. The van der Waals surface area contributed by atoms with E-state index in [1.54, 1.807) is 29.7 Å². The molecule has 0 saturated carbocycles. The van der Waals surface area contributed by atoms with Crippen LogP contribution in [0, 0.1) is 0 Å². The Hall–Kier alpha value is -1.63. The van der Waals surface area contributed by atoms with E-state index in [-0.39, 0.29) is 11.9 Å². The highest BCUT2D eigenvalue weighted by Gasteiger charge is 2.17. The molecule has 1 amide bonds. The first-order valence-corrected chi connectivity index (χ1v) is 8.42. The maximum absolute atomic E-state index is 12.1. The topological polar surface area (TPSA) is 46.9 Å². The predicted molar refractivity (Wildman–Crippen MR) is 86.3 cm³/mol. The van der Waals surface area contributed by atoms with Crippen LogP contribution < -0.4 is 5.32 Å². The van der Waals surface area contributed by atoms with Crippen LogP contribution in [0.4, 0.5) is 0 Å². The van der Waals surface area contributed by atoms with Crippen LogP contribution in [0.1, 0.15) is 21.3 Å². The van der Waals surface area contributed by atoms with Gasteiger partial charge in [-0.15, -0.1) is 11.3 Å². The van der Waals surface area contributed by atoms with Crippen LogP contribution in [0.5, 0.6) is 0 Å². The molecule has 1 unspecified atom stereocenters. The van der Waals surface area contributed by atoms with Crippen LogP contribution in [0.25, 0.3) is 0 Å². The number of aromatic nitrogens is 2. The van der Waals surface area contributed by atoms with E-state index in [0.717, 1.165) is 5.56 Å². The Kier molecular flexibility index (Phi) is 4.38. The van der Waals surface area contributed by atoms with Gasteiger partial charge in [-0.05, 0) is 40.6 Å². The van der Waals surface area contributed by atoms with Crippen LogP contribution in [-0.4, -0.2) is 22.2 Å². The van der Waals surface area contributed by atoms with Gasteiger partial charge in [-0.3, -0.25) is 9.48 Å². The first kappa shape index (κ1) is 14.3. The van der Waals surface area contributed by atoms with E-state index in [0.29, 0.717) is 15.8 Å². The van der Waals surface area contributed by atoms with Crippen LogP contribution in [0.2, 0.25) is 4.34 Å². The molecule has 0 aliphatic carbocycles. The molecule has 0 aliphatic heterocycles. The molecule has 3 aromatic heterocycles. The lowest BCUT2D eigenvalue weighted by Gasteiger charge is -2.17. The highest BCUT2D eigenvalue weighted by molar-refractivity contribution is 7.18. The van der Waals surface area contributed by atoms with E-state index in [4.69, 9.17) is 11.6 Å². The first-order valence-electron chi connectivity index (χ1n) is 6.29. The summed E-state index contributed by atoms with van der Waals surface area (Å²) in [6.07, 6.45) is 3.64. The largest absolute Gasteiger partial charge is 0.349 e. The average molecular weight is 338 g/mol. The predicted octanol–water partition coefficient (Wildman–Crippen LogP) is 3.68.